The molecule has 5 heteroatoms. The predicted octanol–water partition coefficient (Wildman–Crippen LogP) is 2.40. The zero-order valence-corrected chi connectivity index (χ0v) is 12.3. The molecule has 1 aliphatic rings. The molecule has 1 aromatic heterocycles. The Hall–Kier alpha value is -1.36. The van der Waals surface area contributed by atoms with Crippen LogP contribution in [0.1, 0.15) is 10.4 Å². The van der Waals surface area contributed by atoms with Crippen molar-refractivity contribution in [1.82, 2.24) is 4.98 Å². The van der Waals surface area contributed by atoms with Gasteiger partial charge in [0.25, 0.3) is 0 Å². The van der Waals surface area contributed by atoms with Crippen molar-refractivity contribution in [1.29, 1.82) is 0 Å². The van der Waals surface area contributed by atoms with Gasteiger partial charge in [-0.25, -0.2) is 4.79 Å². The van der Waals surface area contributed by atoms with E-state index < -0.39 is 8.07 Å². The van der Waals surface area contributed by atoms with Crippen LogP contribution >= 0.6 is 0 Å². The number of hydrogen-bond acceptors (Lipinski definition) is 4. The third-order valence-corrected chi connectivity index (χ3v) is 6.78. The molecule has 4 nitrogen and oxygen atoms in total. The second-order valence-corrected chi connectivity index (χ2v) is 10.9. The van der Waals surface area contributed by atoms with Gasteiger partial charge in [-0.05, 0) is 18.2 Å². The highest BCUT2D eigenvalue weighted by Crippen LogP contribution is 2.26. The van der Waals surface area contributed by atoms with Gasteiger partial charge in [-0.3, -0.25) is 4.98 Å². The molecular weight excluding hydrogens is 244 g/mol. The maximum atomic E-state index is 11.5. The molecule has 1 fully saturated rings. The first-order valence-corrected chi connectivity index (χ1v) is 9.71. The van der Waals surface area contributed by atoms with E-state index in [1.165, 1.54) is 19.2 Å². The van der Waals surface area contributed by atoms with E-state index >= 15 is 0 Å². The Bertz CT molecular complexity index is 438. The van der Waals surface area contributed by atoms with E-state index in [1.807, 2.05) is 12.3 Å². The average Bonchev–Trinajstić information content (AvgIpc) is 2.38. The van der Waals surface area contributed by atoms with Gasteiger partial charge in [0.15, 0.2) is 0 Å². The minimum absolute atomic E-state index is 0.323. The third kappa shape index (κ3) is 2.90. The average molecular weight is 264 g/mol. The number of carbonyl (C=O) groups excluding carboxylic acids is 1. The van der Waals surface area contributed by atoms with Crippen molar-refractivity contribution < 1.29 is 9.53 Å². The number of rotatable bonds is 2. The quantitative estimate of drug-likeness (QED) is 0.607. The summed E-state index contributed by atoms with van der Waals surface area (Å²) in [5.74, 6) is -0.323. The standard InChI is InChI=1S/C13H20N2O2Si/c1-17-13(16)11-8-12(10-14-9-11)15-4-6-18(2,3)7-5-15/h8-10H,4-7H2,1-3H3. The molecule has 1 aromatic rings. The van der Waals surface area contributed by atoms with E-state index in [0.717, 1.165) is 18.8 Å². The van der Waals surface area contributed by atoms with Gasteiger partial charge in [-0.1, -0.05) is 13.1 Å². The van der Waals surface area contributed by atoms with Crippen LogP contribution in [-0.4, -0.2) is 39.2 Å². The van der Waals surface area contributed by atoms with Crippen LogP contribution in [0, 0.1) is 0 Å². The van der Waals surface area contributed by atoms with E-state index in [4.69, 9.17) is 4.74 Å². The van der Waals surface area contributed by atoms with Gasteiger partial charge in [0.05, 0.1) is 32.6 Å². The molecule has 98 valence electrons. The molecular formula is C13H20N2O2Si. The Balaban J connectivity index is 2.12. The monoisotopic (exact) mass is 264 g/mol. The lowest BCUT2D eigenvalue weighted by Gasteiger charge is -2.36. The van der Waals surface area contributed by atoms with Crippen LogP contribution in [0.5, 0.6) is 0 Å². The highest BCUT2D eigenvalue weighted by molar-refractivity contribution is 6.77. The summed E-state index contributed by atoms with van der Waals surface area (Å²) in [5.41, 5.74) is 1.56. The van der Waals surface area contributed by atoms with Crippen LogP contribution in [0.15, 0.2) is 18.5 Å². The minimum atomic E-state index is -0.961. The number of esters is 1. The lowest BCUT2D eigenvalue weighted by molar-refractivity contribution is 0.0600. The molecule has 0 aromatic carbocycles. The smallest absolute Gasteiger partial charge is 0.339 e. The molecule has 2 rings (SSSR count). The van der Waals surface area contributed by atoms with Gasteiger partial charge in [0.1, 0.15) is 0 Å². The van der Waals surface area contributed by atoms with Crippen molar-refractivity contribution in [2.24, 2.45) is 0 Å². The number of hydrogen-bond donors (Lipinski definition) is 0. The molecule has 2 heterocycles. The Kier molecular flexibility index (Phi) is 3.70. The van der Waals surface area contributed by atoms with Crippen LogP contribution in [0.25, 0.3) is 0 Å². The number of carbonyl (C=O) groups is 1. The zero-order chi connectivity index (χ0) is 13.2. The summed E-state index contributed by atoms with van der Waals surface area (Å²) in [6, 6.07) is 4.48. The maximum absolute atomic E-state index is 11.5. The summed E-state index contributed by atoms with van der Waals surface area (Å²) < 4.78 is 4.72. The topological polar surface area (TPSA) is 42.4 Å². The number of pyridine rings is 1. The Morgan fingerprint density at radius 1 is 1.33 bits per heavy atom. The normalized spacial score (nSPS) is 18.5. The fraction of sp³-hybridized carbons (Fsp3) is 0.538. The van der Waals surface area contributed by atoms with Crippen LogP contribution in [0.4, 0.5) is 5.69 Å². The van der Waals surface area contributed by atoms with E-state index in [-0.39, 0.29) is 5.97 Å². The number of nitrogens with zero attached hydrogens (tertiary/aromatic N) is 2. The molecule has 0 spiro atoms. The Morgan fingerprint density at radius 2 is 2.00 bits per heavy atom. The van der Waals surface area contributed by atoms with Gasteiger partial charge in [-0.15, -0.1) is 0 Å². The first kappa shape index (κ1) is 13.1. The zero-order valence-electron chi connectivity index (χ0n) is 11.3. The van der Waals surface area contributed by atoms with E-state index in [0.29, 0.717) is 5.56 Å². The first-order chi connectivity index (χ1) is 8.52. The fourth-order valence-corrected chi connectivity index (χ4v) is 4.20. The van der Waals surface area contributed by atoms with Crippen molar-refractivity contribution in [3.63, 3.8) is 0 Å². The Labute approximate surface area is 109 Å². The molecule has 0 saturated carbocycles. The molecule has 18 heavy (non-hydrogen) atoms. The molecule has 0 aliphatic carbocycles. The van der Waals surface area contributed by atoms with Gasteiger partial charge >= 0.3 is 5.97 Å². The highest BCUT2D eigenvalue weighted by Gasteiger charge is 2.27. The van der Waals surface area contributed by atoms with Gasteiger partial charge in [0, 0.05) is 19.3 Å². The van der Waals surface area contributed by atoms with E-state index in [2.05, 4.69) is 23.0 Å². The summed E-state index contributed by atoms with van der Waals surface area (Å²) >= 11 is 0. The molecule has 1 saturated heterocycles. The molecule has 0 amide bonds. The number of ether oxygens (including phenoxy) is 1. The number of aromatic nitrogens is 1. The summed E-state index contributed by atoms with van der Waals surface area (Å²) in [6.45, 7) is 7.03. The molecule has 0 atom stereocenters. The SMILES string of the molecule is COC(=O)c1cncc(N2CC[Si](C)(C)CC2)c1. The van der Waals surface area contributed by atoms with Crippen molar-refractivity contribution in [3.05, 3.63) is 24.0 Å². The Morgan fingerprint density at radius 3 is 2.61 bits per heavy atom. The van der Waals surface area contributed by atoms with Crippen LogP contribution in [-0.2, 0) is 4.74 Å². The van der Waals surface area contributed by atoms with Crippen LogP contribution < -0.4 is 4.90 Å². The molecule has 0 unspecified atom stereocenters. The second-order valence-electron chi connectivity index (χ2n) is 5.57. The summed E-state index contributed by atoms with van der Waals surface area (Å²) in [6.07, 6.45) is 3.38. The van der Waals surface area contributed by atoms with Crippen LogP contribution in [0.2, 0.25) is 25.2 Å². The first-order valence-electron chi connectivity index (χ1n) is 6.30. The van der Waals surface area contributed by atoms with Crippen molar-refractivity contribution in [3.8, 4) is 0 Å². The van der Waals surface area contributed by atoms with Crippen LogP contribution in [0.3, 0.4) is 0 Å². The minimum Gasteiger partial charge on any atom is -0.465 e. The van der Waals surface area contributed by atoms with E-state index in [1.54, 1.807) is 6.20 Å². The van der Waals surface area contributed by atoms with Gasteiger partial charge in [-0.2, -0.15) is 0 Å². The molecule has 1 aliphatic heterocycles. The van der Waals surface area contributed by atoms with Crippen molar-refractivity contribution in [2.75, 3.05) is 25.1 Å². The van der Waals surface area contributed by atoms with E-state index in [9.17, 15) is 4.79 Å². The lowest BCUT2D eigenvalue weighted by Crippen LogP contribution is -2.42. The third-order valence-electron chi connectivity index (χ3n) is 3.63. The summed E-state index contributed by atoms with van der Waals surface area (Å²) in [4.78, 5) is 17.9. The maximum Gasteiger partial charge on any atom is 0.339 e. The highest BCUT2D eigenvalue weighted by atomic mass is 28.3. The predicted molar refractivity (Wildman–Crippen MR) is 74.9 cm³/mol. The van der Waals surface area contributed by atoms with Crippen molar-refractivity contribution in [2.45, 2.75) is 25.2 Å². The molecule has 0 radical (unpaired) electrons. The lowest BCUT2D eigenvalue weighted by atomic mass is 10.2. The van der Waals surface area contributed by atoms with Crippen molar-refractivity contribution >= 4 is 19.7 Å². The molecule has 0 bridgehead atoms. The number of anilines is 1. The van der Waals surface area contributed by atoms with Gasteiger partial charge < -0.3 is 9.64 Å². The largest absolute Gasteiger partial charge is 0.465 e. The second kappa shape index (κ2) is 5.10. The van der Waals surface area contributed by atoms with Gasteiger partial charge in [0.2, 0.25) is 0 Å². The number of methoxy groups -OCH3 is 1. The summed E-state index contributed by atoms with van der Waals surface area (Å²) in [5, 5.41) is 0. The summed E-state index contributed by atoms with van der Waals surface area (Å²) in [7, 11) is 0.432. The molecule has 0 N–H and O–H groups in total. The fourth-order valence-electron chi connectivity index (χ4n) is 2.20.